The zero-order chi connectivity index (χ0) is 14.4. The Bertz CT molecular complexity index is 578. The van der Waals surface area contributed by atoms with E-state index in [1.54, 1.807) is 4.90 Å². The molecular weight excluding hydrogens is 324 g/mol. The van der Waals surface area contributed by atoms with E-state index in [0.717, 1.165) is 15.6 Å². The van der Waals surface area contributed by atoms with Crippen LogP contribution in [0.4, 0.5) is 10.5 Å². The average molecular weight is 339 g/mol. The normalized spacial score (nSPS) is 22.4. The summed E-state index contributed by atoms with van der Waals surface area (Å²) in [4.78, 5) is 27.8. The van der Waals surface area contributed by atoms with Crippen molar-refractivity contribution in [2.45, 2.75) is 19.9 Å². The van der Waals surface area contributed by atoms with Crippen molar-refractivity contribution in [1.82, 2.24) is 4.90 Å². The highest BCUT2D eigenvalue weighted by molar-refractivity contribution is 9.10. The van der Waals surface area contributed by atoms with E-state index in [9.17, 15) is 9.59 Å². The summed E-state index contributed by atoms with van der Waals surface area (Å²) in [6.07, 6.45) is 0. The van der Waals surface area contributed by atoms with E-state index in [1.165, 1.54) is 4.90 Å². The monoisotopic (exact) mass is 338 g/mol. The van der Waals surface area contributed by atoms with Gasteiger partial charge in [0.25, 0.3) is 5.91 Å². The molecule has 2 fully saturated rings. The van der Waals surface area contributed by atoms with Crippen LogP contribution in [0.2, 0.25) is 0 Å². The first-order chi connectivity index (χ1) is 9.50. The minimum absolute atomic E-state index is 0.200. The number of nitrogens with zero attached hydrogens (tertiary/aromatic N) is 2. The molecule has 0 saturated carbocycles. The minimum Gasteiger partial charge on any atom is -0.377 e. The van der Waals surface area contributed by atoms with Gasteiger partial charge in [0.2, 0.25) is 0 Å². The van der Waals surface area contributed by atoms with Crippen molar-refractivity contribution in [3.05, 3.63) is 27.7 Å². The van der Waals surface area contributed by atoms with Crippen LogP contribution in [0.5, 0.6) is 0 Å². The topological polar surface area (TPSA) is 49.9 Å². The summed E-state index contributed by atoms with van der Waals surface area (Å²) in [6, 6.07) is 3.07. The molecule has 2 saturated heterocycles. The molecule has 1 unspecified atom stereocenters. The van der Waals surface area contributed by atoms with E-state index >= 15 is 0 Å². The van der Waals surface area contributed by atoms with Gasteiger partial charge in [-0.05, 0) is 31.0 Å². The molecule has 6 heteroatoms. The van der Waals surface area contributed by atoms with Crippen molar-refractivity contribution < 1.29 is 14.3 Å². The number of anilines is 1. The highest BCUT2D eigenvalue weighted by atomic mass is 79.9. The molecule has 20 heavy (non-hydrogen) atoms. The van der Waals surface area contributed by atoms with Crippen molar-refractivity contribution in [1.29, 1.82) is 0 Å². The number of imide groups is 1. The largest absolute Gasteiger partial charge is 0.377 e. The van der Waals surface area contributed by atoms with Gasteiger partial charge in [0.05, 0.1) is 18.9 Å². The number of rotatable bonds is 1. The quantitative estimate of drug-likeness (QED) is 0.738. The van der Waals surface area contributed by atoms with E-state index in [1.807, 2.05) is 26.0 Å². The predicted octanol–water partition coefficient (Wildman–Crippen LogP) is 2.23. The Morgan fingerprint density at radius 1 is 1.25 bits per heavy atom. The third-order valence-electron chi connectivity index (χ3n) is 3.79. The summed E-state index contributed by atoms with van der Waals surface area (Å²) in [5.74, 6) is -0.200. The lowest BCUT2D eigenvalue weighted by atomic mass is 10.1. The van der Waals surface area contributed by atoms with Gasteiger partial charge in [0, 0.05) is 11.0 Å². The van der Waals surface area contributed by atoms with Crippen LogP contribution in [-0.4, -0.2) is 42.6 Å². The van der Waals surface area contributed by atoms with Gasteiger partial charge in [0.15, 0.2) is 0 Å². The standard InChI is InChI=1S/C14H15BrN2O3/c1-8-5-9(2)11(6-10(8)15)17-13(18)12-7-20-4-3-16(12)14(17)19/h5-6,12H,3-4,7H2,1-2H3. The van der Waals surface area contributed by atoms with Gasteiger partial charge < -0.3 is 9.64 Å². The second-order valence-corrected chi connectivity index (χ2v) is 5.98. The highest BCUT2D eigenvalue weighted by Gasteiger charge is 2.47. The van der Waals surface area contributed by atoms with Crippen molar-refractivity contribution in [3.8, 4) is 0 Å². The molecule has 2 aliphatic heterocycles. The third kappa shape index (κ3) is 1.94. The fourth-order valence-electron chi connectivity index (χ4n) is 2.69. The van der Waals surface area contributed by atoms with Gasteiger partial charge in [0.1, 0.15) is 6.04 Å². The van der Waals surface area contributed by atoms with Crippen molar-refractivity contribution in [2.75, 3.05) is 24.7 Å². The van der Waals surface area contributed by atoms with Gasteiger partial charge in [-0.25, -0.2) is 9.69 Å². The second kappa shape index (κ2) is 4.86. The number of aryl methyl sites for hydroxylation is 2. The Morgan fingerprint density at radius 2 is 2.00 bits per heavy atom. The lowest BCUT2D eigenvalue weighted by Gasteiger charge is -2.26. The first-order valence-corrected chi connectivity index (χ1v) is 7.29. The molecule has 0 spiro atoms. The van der Waals surface area contributed by atoms with Crippen molar-refractivity contribution in [2.24, 2.45) is 0 Å². The Balaban J connectivity index is 2.04. The molecule has 106 valence electrons. The molecule has 3 rings (SSSR count). The SMILES string of the molecule is Cc1cc(C)c(N2C(=O)C3COCCN3C2=O)cc1Br. The number of morpholine rings is 1. The molecule has 5 nitrogen and oxygen atoms in total. The van der Waals surface area contributed by atoms with Crippen LogP contribution in [-0.2, 0) is 9.53 Å². The van der Waals surface area contributed by atoms with Crippen LogP contribution in [0.25, 0.3) is 0 Å². The van der Waals surface area contributed by atoms with Crippen LogP contribution in [0.15, 0.2) is 16.6 Å². The third-order valence-corrected chi connectivity index (χ3v) is 4.64. The van der Waals surface area contributed by atoms with Crippen LogP contribution < -0.4 is 4.90 Å². The van der Waals surface area contributed by atoms with Crippen LogP contribution >= 0.6 is 15.9 Å². The Morgan fingerprint density at radius 3 is 2.70 bits per heavy atom. The van der Waals surface area contributed by atoms with Crippen LogP contribution in [0, 0.1) is 13.8 Å². The number of urea groups is 1. The number of ether oxygens (including phenoxy) is 1. The summed E-state index contributed by atoms with van der Waals surface area (Å²) in [7, 11) is 0. The molecule has 1 aromatic carbocycles. The van der Waals surface area contributed by atoms with Crippen molar-refractivity contribution >= 4 is 33.6 Å². The number of hydrogen-bond acceptors (Lipinski definition) is 3. The number of carbonyl (C=O) groups excluding carboxylic acids is 2. The number of fused-ring (bicyclic) bond motifs is 1. The smallest absolute Gasteiger partial charge is 0.332 e. The molecule has 2 aliphatic rings. The van der Waals surface area contributed by atoms with E-state index < -0.39 is 6.04 Å². The Labute approximate surface area is 125 Å². The summed E-state index contributed by atoms with van der Waals surface area (Å²) < 4.78 is 6.20. The Hall–Kier alpha value is -1.40. The van der Waals surface area contributed by atoms with E-state index in [2.05, 4.69) is 15.9 Å². The molecule has 1 aromatic rings. The van der Waals surface area contributed by atoms with E-state index in [4.69, 9.17) is 4.74 Å². The predicted molar refractivity (Wildman–Crippen MR) is 77.8 cm³/mol. The molecule has 3 amide bonds. The fourth-order valence-corrected chi connectivity index (χ4v) is 3.02. The number of carbonyl (C=O) groups is 2. The summed E-state index contributed by atoms with van der Waals surface area (Å²) >= 11 is 3.46. The first-order valence-electron chi connectivity index (χ1n) is 6.50. The highest BCUT2D eigenvalue weighted by Crippen LogP contribution is 2.32. The lowest BCUT2D eigenvalue weighted by Crippen LogP contribution is -2.45. The maximum absolute atomic E-state index is 12.5. The summed E-state index contributed by atoms with van der Waals surface area (Å²) in [6.45, 7) is 5.12. The average Bonchev–Trinajstić information content (AvgIpc) is 2.68. The molecule has 0 radical (unpaired) electrons. The summed E-state index contributed by atoms with van der Waals surface area (Å²) in [5, 5.41) is 0. The molecule has 0 bridgehead atoms. The number of halogens is 1. The van der Waals surface area contributed by atoms with E-state index in [0.29, 0.717) is 18.8 Å². The van der Waals surface area contributed by atoms with E-state index in [-0.39, 0.29) is 18.5 Å². The van der Waals surface area contributed by atoms with Gasteiger partial charge in [-0.15, -0.1) is 0 Å². The van der Waals surface area contributed by atoms with Crippen LogP contribution in [0.3, 0.4) is 0 Å². The molecular formula is C14H15BrN2O3. The molecule has 1 atom stereocenters. The number of amides is 3. The number of hydrogen-bond donors (Lipinski definition) is 0. The van der Waals surface area contributed by atoms with Gasteiger partial charge in [-0.1, -0.05) is 22.0 Å². The second-order valence-electron chi connectivity index (χ2n) is 5.13. The first kappa shape index (κ1) is 13.6. The zero-order valence-electron chi connectivity index (χ0n) is 11.4. The van der Waals surface area contributed by atoms with Gasteiger partial charge in [-0.3, -0.25) is 4.79 Å². The van der Waals surface area contributed by atoms with Gasteiger partial charge >= 0.3 is 6.03 Å². The molecule has 2 heterocycles. The van der Waals surface area contributed by atoms with Crippen LogP contribution in [0.1, 0.15) is 11.1 Å². The minimum atomic E-state index is -0.476. The summed E-state index contributed by atoms with van der Waals surface area (Å²) in [5.41, 5.74) is 2.63. The van der Waals surface area contributed by atoms with Crippen molar-refractivity contribution in [3.63, 3.8) is 0 Å². The maximum atomic E-state index is 12.5. The van der Waals surface area contributed by atoms with Gasteiger partial charge in [-0.2, -0.15) is 0 Å². The molecule has 0 aromatic heterocycles. The molecule has 0 aliphatic carbocycles. The maximum Gasteiger partial charge on any atom is 0.332 e. The fraction of sp³-hybridized carbons (Fsp3) is 0.429. The zero-order valence-corrected chi connectivity index (χ0v) is 12.9. The number of benzene rings is 1. The molecule has 0 N–H and O–H groups in total. The lowest BCUT2D eigenvalue weighted by molar-refractivity contribution is -0.123. The Kier molecular flexibility index (Phi) is 3.30.